The lowest BCUT2D eigenvalue weighted by Crippen LogP contribution is -2.17. The number of carbonyl (C=O) groups excluding carboxylic acids is 1. The van der Waals surface area contributed by atoms with E-state index >= 15 is 0 Å². The fourth-order valence-electron chi connectivity index (χ4n) is 2.33. The van der Waals surface area contributed by atoms with Crippen molar-refractivity contribution >= 4 is 49.1 Å². The predicted molar refractivity (Wildman–Crippen MR) is 91.6 cm³/mol. The summed E-state index contributed by atoms with van der Waals surface area (Å²) in [7, 11) is 0. The molecule has 1 heterocycles. The van der Waals surface area contributed by atoms with E-state index in [0.29, 0.717) is 17.4 Å². The number of aryl methyl sites for hydroxylation is 1. The number of halogens is 2. The molecule has 0 spiro atoms. The molecule has 21 heavy (non-hydrogen) atoms. The van der Waals surface area contributed by atoms with Crippen molar-refractivity contribution in [3.63, 3.8) is 0 Å². The van der Waals surface area contributed by atoms with Gasteiger partial charge in [0.05, 0.1) is 11.4 Å². The third-order valence-corrected chi connectivity index (χ3v) is 4.72. The van der Waals surface area contributed by atoms with E-state index in [4.69, 9.17) is 5.73 Å². The molecule has 0 bridgehead atoms. The first kappa shape index (κ1) is 14.7. The van der Waals surface area contributed by atoms with Gasteiger partial charge in [0.1, 0.15) is 5.69 Å². The summed E-state index contributed by atoms with van der Waals surface area (Å²) in [6, 6.07) is 6.07. The zero-order valence-electron chi connectivity index (χ0n) is 11.5. The van der Waals surface area contributed by atoms with Gasteiger partial charge in [-0.15, -0.1) is 0 Å². The van der Waals surface area contributed by atoms with Crippen molar-refractivity contribution in [2.45, 2.75) is 25.8 Å². The van der Waals surface area contributed by atoms with Gasteiger partial charge in [-0.05, 0) is 75.4 Å². The van der Waals surface area contributed by atoms with Crippen LogP contribution in [-0.4, -0.2) is 10.5 Å². The maximum Gasteiger partial charge on any atom is 0.272 e. The molecule has 0 aliphatic heterocycles. The minimum atomic E-state index is -0.149. The Labute approximate surface area is 140 Å². The average Bonchev–Trinajstić information content (AvgIpc) is 3.16. The van der Waals surface area contributed by atoms with E-state index in [9.17, 15) is 4.79 Å². The summed E-state index contributed by atoms with van der Waals surface area (Å²) in [5.41, 5.74) is 8.90. The smallest absolute Gasteiger partial charge is 0.272 e. The van der Waals surface area contributed by atoms with E-state index < -0.39 is 0 Å². The van der Waals surface area contributed by atoms with E-state index in [1.807, 2.05) is 29.8 Å². The van der Waals surface area contributed by atoms with Crippen LogP contribution in [0.25, 0.3) is 0 Å². The van der Waals surface area contributed by atoms with Crippen molar-refractivity contribution in [1.82, 2.24) is 4.57 Å². The zero-order chi connectivity index (χ0) is 15.1. The number of benzene rings is 1. The largest absolute Gasteiger partial charge is 0.397 e. The first-order chi connectivity index (χ1) is 9.95. The summed E-state index contributed by atoms with van der Waals surface area (Å²) in [5.74, 6) is -0.149. The monoisotopic (exact) mass is 411 g/mol. The summed E-state index contributed by atoms with van der Waals surface area (Å²) in [5, 5.41) is 2.95. The molecule has 1 aromatic heterocycles. The van der Waals surface area contributed by atoms with Crippen LogP contribution in [0.15, 0.2) is 33.3 Å². The molecule has 110 valence electrons. The topological polar surface area (TPSA) is 60.1 Å². The minimum Gasteiger partial charge on any atom is -0.397 e. The molecule has 0 saturated heterocycles. The summed E-state index contributed by atoms with van der Waals surface area (Å²) < 4.78 is 3.67. The van der Waals surface area contributed by atoms with Crippen molar-refractivity contribution in [2.24, 2.45) is 0 Å². The molecule has 1 saturated carbocycles. The highest BCUT2D eigenvalue weighted by atomic mass is 79.9. The molecule has 1 aliphatic rings. The van der Waals surface area contributed by atoms with Gasteiger partial charge in [0, 0.05) is 21.2 Å². The van der Waals surface area contributed by atoms with Gasteiger partial charge in [0.2, 0.25) is 0 Å². The Morgan fingerprint density at radius 2 is 1.90 bits per heavy atom. The van der Waals surface area contributed by atoms with Gasteiger partial charge in [0.15, 0.2) is 0 Å². The van der Waals surface area contributed by atoms with Crippen LogP contribution in [0.4, 0.5) is 11.4 Å². The van der Waals surface area contributed by atoms with Gasteiger partial charge in [-0.1, -0.05) is 0 Å². The normalized spacial score (nSPS) is 14.2. The van der Waals surface area contributed by atoms with E-state index in [1.165, 1.54) is 0 Å². The number of rotatable bonds is 3. The van der Waals surface area contributed by atoms with E-state index in [0.717, 1.165) is 33.0 Å². The second kappa shape index (κ2) is 5.50. The summed E-state index contributed by atoms with van der Waals surface area (Å²) in [6.07, 6.45) is 4.05. The van der Waals surface area contributed by atoms with E-state index in [-0.39, 0.29) is 5.91 Å². The summed E-state index contributed by atoms with van der Waals surface area (Å²) in [4.78, 5) is 12.5. The molecule has 3 N–H and O–H groups in total. The van der Waals surface area contributed by atoms with Crippen LogP contribution < -0.4 is 11.1 Å². The Morgan fingerprint density at radius 3 is 2.48 bits per heavy atom. The first-order valence-corrected chi connectivity index (χ1v) is 8.28. The maximum atomic E-state index is 12.5. The van der Waals surface area contributed by atoms with Gasteiger partial charge in [-0.3, -0.25) is 4.79 Å². The Kier molecular flexibility index (Phi) is 3.84. The zero-order valence-corrected chi connectivity index (χ0v) is 14.7. The Morgan fingerprint density at radius 1 is 1.29 bits per heavy atom. The number of hydrogen-bond donors (Lipinski definition) is 2. The van der Waals surface area contributed by atoms with Crippen LogP contribution in [0.5, 0.6) is 0 Å². The van der Waals surface area contributed by atoms with Crippen LogP contribution in [0.3, 0.4) is 0 Å². The quantitative estimate of drug-likeness (QED) is 0.779. The molecule has 4 nitrogen and oxygen atoms in total. The highest BCUT2D eigenvalue weighted by Gasteiger charge is 2.28. The molecular weight excluding hydrogens is 398 g/mol. The second-order valence-corrected chi connectivity index (χ2v) is 7.06. The van der Waals surface area contributed by atoms with Crippen LogP contribution in [-0.2, 0) is 0 Å². The highest BCUT2D eigenvalue weighted by molar-refractivity contribution is 9.11. The number of nitrogens with one attached hydrogen (secondary N) is 1. The molecule has 0 radical (unpaired) electrons. The number of anilines is 2. The number of nitrogens with two attached hydrogens (primary N) is 1. The molecule has 1 aliphatic carbocycles. The third-order valence-electron chi connectivity index (χ3n) is 3.47. The van der Waals surface area contributed by atoms with Crippen LogP contribution in [0.2, 0.25) is 0 Å². The van der Waals surface area contributed by atoms with Crippen molar-refractivity contribution in [3.05, 3.63) is 44.6 Å². The number of aromatic nitrogens is 1. The van der Waals surface area contributed by atoms with Crippen molar-refractivity contribution < 1.29 is 4.79 Å². The van der Waals surface area contributed by atoms with Gasteiger partial charge >= 0.3 is 0 Å². The fraction of sp³-hybridized carbons (Fsp3) is 0.267. The van der Waals surface area contributed by atoms with E-state index in [1.54, 1.807) is 6.07 Å². The molecule has 0 atom stereocenters. The molecule has 6 heteroatoms. The van der Waals surface area contributed by atoms with Crippen molar-refractivity contribution in [1.29, 1.82) is 0 Å². The standard InChI is InChI=1S/C15H15Br2N3O/c1-8-4-11(16)14(12(17)5-8)19-15(21)13-6-9(18)7-20(13)10-2-3-10/h4-7,10H,2-3,18H2,1H3,(H,19,21). The molecule has 3 rings (SSSR count). The van der Waals surface area contributed by atoms with Crippen LogP contribution >= 0.6 is 31.9 Å². The predicted octanol–water partition coefficient (Wildman–Crippen LogP) is 4.49. The molecular formula is C15H15Br2N3O. The summed E-state index contributed by atoms with van der Waals surface area (Å²) in [6.45, 7) is 2.00. The lowest BCUT2D eigenvalue weighted by Gasteiger charge is -2.12. The number of hydrogen-bond acceptors (Lipinski definition) is 2. The molecule has 1 aromatic carbocycles. The molecule has 1 fully saturated rings. The first-order valence-electron chi connectivity index (χ1n) is 6.70. The fourth-order valence-corrected chi connectivity index (χ4v) is 3.95. The van der Waals surface area contributed by atoms with Crippen molar-refractivity contribution in [2.75, 3.05) is 11.1 Å². The van der Waals surface area contributed by atoms with Crippen LogP contribution in [0, 0.1) is 6.92 Å². The van der Waals surface area contributed by atoms with Gasteiger partial charge in [-0.2, -0.15) is 0 Å². The second-order valence-electron chi connectivity index (χ2n) is 5.35. The Hall–Kier alpha value is -1.27. The van der Waals surface area contributed by atoms with E-state index in [2.05, 4.69) is 37.2 Å². The Bertz CT molecular complexity index is 697. The molecule has 0 unspecified atom stereocenters. The molecule has 1 amide bonds. The number of nitrogen functional groups attached to an aromatic ring is 1. The van der Waals surface area contributed by atoms with Gasteiger partial charge in [-0.25, -0.2) is 0 Å². The SMILES string of the molecule is Cc1cc(Br)c(NC(=O)c2cc(N)cn2C2CC2)c(Br)c1. The van der Waals surface area contributed by atoms with Gasteiger partial charge in [0.25, 0.3) is 5.91 Å². The Balaban J connectivity index is 1.90. The van der Waals surface area contributed by atoms with Crippen LogP contribution in [0.1, 0.15) is 34.9 Å². The summed E-state index contributed by atoms with van der Waals surface area (Å²) >= 11 is 6.98. The number of amides is 1. The average molecular weight is 413 g/mol. The van der Waals surface area contributed by atoms with Gasteiger partial charge < -0.3 is 15.6 Å². The molecule has 2 aromatic rings. The lowest BCUT2D eigenvalue weighted by molar-refractivity contribution is 0.101. The minimum absolute atomic E-state index is 0.149. The highest BCUT2D eigenvalue weighted by Crippen LogP contribution is 2.38. The van der Waals surface area contributed by atoms with Crippen molar-refractivity contribution in [3.8, 4) is 0 Å². The lowest BCUT2D eigenvalue weighted by atomic mass is 10.2. The number of carbonyl (C=O) groups is 1. The number of nitrogens with zero attached hydrogens (tertiary/aromatic N) is 1. The maximum absolute atomic E-state index is 12.5. The third kappa shape index (κ3) is 3.01.